The number of methoxy groups -OCH3 is 2. The highest BCUT2D eigenvalue weighted by molar-refractivity contribution is 5.82. The molecule has 2 heterocycles. The van der Waals surface area contributed by atoms with E-state index in [0.717, 1.165) is 56.6 Å². The van der Waals surface area contributed by atoms with E-state index in [0.29, 0.717) is 32.9 Å². The minimum Gasteiger partial charge on any atom is -0.491 e. The lowest BCUT2D eigenvalue weighted by Crippen LogP contribution is -2.55. The molecule has 1 spiro atoms. The molecule has 2 atom stereocenters. The first kappa shape index (κ1) is 26.2. The van der Waals surface area contributed by atoms with E-state index in [9.17, 15) is 4.79 Å². The van der Waals surface area contributed by atoms with Crippen molar-refractivity contribution in [2.75, 3.05) is 47.1 Å². The summed E-state index contributed by atoms with van der Waals surface area (Å²) in [6, 6.07) is 15.1. The van der Waals surface area contributed by atoms with Gasteiger partial charge in [-0.25, -0.2) is 0 Å². The summed E-state index contributed by atoms with van der Waals surface area (Å²) < 4.78 is 22.9. The Bertz CT molecular complexity index is 1040. The molecule has 37 heavy (non-hydrogen) atoms. The number of piperidine rings is 1. The highest BCUT2D eigenvalue weighted by atomic mass is 16.5. The number of amides is 1. The summed E-state index contributed by atoms with van der Waals surface area (Å²) in [4.78, 5) is 16.4. The fourth-order valence-electron chi connectivity index (χ4n) is 5.87. The van der Waals surface area contributed by atoms with Gasteiger partial charge in [-0.15, -0.1) is 0 Å². The van der Waals surface area contributed by atoms with Crippen LogP contribution in [0.25, 0.3) is 0 Å². The molecule has 0 radical (unpaired) electrons. The highest BCUT2D eigenvalue weighted by Gasteiger charge is 2.53. The lowest BCUT2D eigenvalue weighted by atomic mass is 9.75. The first-order valence-corrected chi connectivity index (χ1v) is 13.6. The van der Waals surface area contributed by atoms with E-state index < -0.39 is 5.60 Å². The third-order valence-electron chi connectivity index (χ3n) is 7.86. The predicted molar refractivity (Wildman–Crippen MR) is 141 cm³/mol. The number of nitrogens with zero attached hydrogens (tertiary/aromatic N) is 1. The van der Waals surface area contributed by atoms with E-state index in [1.54, 1.807) is 14.2 Å². The molecular weight excluding hydrogens is 468 g/mol. The first-order chi connectivity index (χ1) is 18.1. The van der Waals surface area contributed by atoms with Crippen LogP contribution in [0.4, 0.5) is 0 Å². The Morgan fingerprint density at radius 1 is 1.08 bits per heavy atom. The molecule has 0 aromatic heterocycles. The zero-order chi connectivity index (χ0) is 25.7. The third kappa shape index (κ3) is 5.85. The van der Waals surface area contributed by atoms with Crippen LogP contribution in [0.3, 0.4) is 0 Å². The number of hydrogen-bond donors (Lipinski definition) is 1. The quantitative estimate of drug-likeness (QED) is 0.440. The summed E-state index contributed by atoms with van der Waals surface area (Å²) in [5, 5.41) is 3.48. The summed E-state index contributed by atoms with van der Waals surface area (Å²) in [5.41, 5.74) is 4.17. The molecule has 0 bridgehead atoms. The van der Waals surface area contributed by atoms with E-state index in [1.165, 1.54) is 16.7 Å². The van der Waals surface area contributed by atoms with Crippen LogP contribution in [0.2, 0.25) is 0 Å². The van der Waals surface area contributed by atoms with Crippen LogP contribution < -0.4 is 10.1 Å². The number of carbonyl (C=O) groups is 1. The molecule has 1 amide bonds. The summed E-state index contributed by atoms with van der Waals surface area (Å²) in [5.74, 6) is 0.778. The lowest BCUT2D eigenvalue weighted by Gasteiger charge is -2.43. The summed E-state index contributed by atoms with van der Waals surface area (Å²) in [6.45, 7) is 4.40. The average Bonchev–Trinajstić information content (AvgIpc) is 3.70. The van der Waals surface area contributed by atoms with Gasteiger partial charge in [-0.2, -0.15) is 0 Å². The molecule has 1 saturated carbocycles. The second-order valence-corrected chi connectivity index (χ2v) is 10.5. The van der Waals surface area contributed by atoms with Gasteiger partial charge < -0.3 is 29.2 Å². The second kappa shape index (κ2) is 11.9. The summed E-state index contributed by atoms with van der Waals surface area (Å²) in [7, 11) is 3.41. The maximum absolute atomic E-state index is 14.3. The Morgan fingerprint density at radius 2 is 1.89 bits per heavy atom. The van der Waals surface area contributed by atoms with E-state index in [2.05, 4.69) is 52.7 Å². The van der Waals surface area contributed by atoms with Crippen molar-refractivity contribution >= 4 is 5.91 Å². The van der Waals surface area contributed by atoms with Gasteiger partial charge in [0.15, 0.2) is 0 Å². The minimum atomic E-state index is -0.539. The smallest absolute Gasteiger partial charge is 0.230 e. The van der Waals surface area contributed by atoms with Crippen molar-refractivity contribution in [2.24, 2.45) is 5.92 Å². The van der Waals surface area contributed by atoms with Crippen LogP contribution in [0, 0.1) is 5.92 Å². The Kier molecular flexibility index (Phi) is 8.45. The number of nitrogens with one attached hydrogen (secondary N) is 1. The van der Waals surface area contributed by atoms with Gasteiger partial charge >= 0.3 is 0 Å². The molecule has 2 unspecified atom stereocenters. The highest BCUT2D eigenvalue weighted by Crippen LogP contribution is 2.47. The van der Waals surface area contributed by atoms with Crippen molar-refractivity contribution in [1.82, 2.24) is 10.2 Å². The van der Waals surface area contributed by atoms with Crippen LogP contribution in [-0.4, -0.2) is 64.0 Å². The Balaban J connectivity index is 1.39. The molecule has 5 rings (SSSR count). The van der Waals surface area contributed by atoms with Crippen molar-refractivity contribution in [1.29, 1.82) is 0 Å². The number of ether oxygens (including phenoxy) is 4. The monoisotopic (exact) mass is 508 g/mol. The number of carbonyl (C=O) groups excluding carboxylic acids is 1. The summed E-state index contributed by atoms with van der Waals surface area (Å²) in [6.07, 6.45) is 4.77. The molecule has 2 fully saturated rings. The third-order valence-corrected chi connectivity index (χ3v) is 7.86. The molecule has 2 aliphatic heterocycles. The molecule has 1 saturated heterocycles. The fourth-order valence-corrected chi connectivity index (χ4v) is 5.87. The maximum Gasteiger partial charge on any atom is 0.230 e. The first-order valence-electron chi connectivity index (χ1n) is 13.6. The van der Waals surface area contributed by atoms with Crippen LogP contribution >= 0.6 is 0 Å². The average molecular weight is 509 g/mol. The van der Waals surface area contributed by atoms with Gasteiger partial charge in [-0.3, -0.25) is 4.79 Å². The minimum absolute atomic E-state index is 0.193. The van der Waals surface area contributed by atoms with Gasteiger partial charge in [0.25, 0.3) is 0 Å². The van der Waals surface area contributed by atoms with Gasteiger partial charge in [-0.1, -0.05) is 30.3 Å². The van der Waals surface area contributed by atoms with E-state index >= 15 is 0 Å². The SMILES string of the molecule is COCCCc1cc(CN(C(=O)C2CNCCC23OCc2ccccc23)C2CC2)cc(OCCOC)c1. The second-order valence-electron chi connectivity index (χ2n) is 10.5. The molecule has 2 aromatic carbocycles. The molecule has 3 aliphatic rings. The molecular formula is C30H40N2O5. The standard InChI is InChI=1S/C30H40N2O5/c1-34-13-5-6-22-16-23(18-26(17-22)36-15-14-35-2)20-32(25-9-10-25)29(33)28-19-31-12-11-30(28)27-8-4-3-7-24(27)21-37-30/h3-4,7-8,16-18,25,28,31H,5-6,9-15,19-21H2,1-2H3. The molecule has 7 heteroatoms. The molecule has 7 nitrogen and oxygen atoms in total. The Labute approximate surface area is 220 Å². The van der Waals surface area contributed by atoms with Crippen molar-refractivity contribution in [2.45, 2.75) is 56.9 Å². The van der Waals surface area contributed by atoms with Crippen molar-refractivity contribution in [3.8, 4) is 5.75 Å². The number of rotatable bonds is 12. The largest absolute Gasteiger partial charge is 0.491 e. The number of benzene rings is 2. The van der Waals surface area contributed by atoms with Gasteiger partial charge in [0.2, 0.25) is 5.91 Å². The van der Waals surface area contributed by atoms with Crippen LogP contribution in [0.15, 0.2) is 42.5 Å². The van der Waals surface area contributed by atoms with E-state index in [1.807, 2.05) is 0 Å². The Morgan fingerprint density at radius 3 is 2.70 bits per heavy atom. The fraction of sp³-hybridized carbons (Fsp3) is 0.567. The van der Waals surface area contributed by atoms with Gasteiger partial charge in [0, 0.05) is 40.0 Å². The topological polar surface area (TPSA) is 69.3 Å². The Hall–Kier alpha value is -2.45. The van der Waals surface area contributed by atoms with Crippen LogP contribution in [0.1, 0.15) is 47.9 Å². The van der Waals surface area contributed by atoms with Crippen LogP contribution in [-0.2, 0) is 44.2 Å². The van der Waals surface area contributed by atoms with E-state index in [4.69, 9.17) is 18.9 Å². The lowest BCUT2D eigenvalue weighted by molar-refractivity contribution is -0.157. The van der Waals surface area contributed by atoms with Crippen molar-refractivity contribution in [3.05, 3.63) is 64.7 Å². The number of hydrogen-bond acceptors (Lipinski definition) is 6. The summed E-state index contributed by atoms with van der Waals surface area (Å²) >= 11 is 0. The van der Waals surface area contributed by atoms with Crippen LogP contribution in [0.5, 0.6) is 5.75 Å². The molecule has 200 valence electrons. The number of fused-ring (bicyclic) bond motifs is 2. The molecule has 2 aromatic rings. The molecule has 1 aliphatic carbocycles. The van der Waals surface area contributed by atoms with Crippen molar-refractivity contribution < 1.29 is 23.7 Å². The normalized spacial score (nSPS) is 22.7. The zero-order valence-corrected chi connectivity index (χ0v) is 22.2. The van der Waals surface area contributed by atoms with Gasteiger partial charge in [-0.05, 0) is 73.0 Å². The van der Waals surface area contributed by atoms with Gasteiger partial charge in [0.1, 0.15) is 18.0 Å². The van der Waals surface area contributed by atoms with Gasteiger partial charge in [0.05, 0.1) is 19.1 Å². The molecule has 1 N–H and O–H groups in total. The zero-order valence-electron chi connectivity index (χ0n) is 22.2. The number of aryl methyl sites for hydroxylation is 1. The predicted octanol–water partition coefficient (Wildman–Crippen LogP) is 3.82. The van der Waals surface area contributed by atoms with Crippen molar-refractivity contribution in [3.63, 3.8) is 0 Å². The maximum atomic E-state index is 14.3. The van der Waals surface area contributed by atoms with E-state index in [-0.39, 0.29) is 17.9 Å².